The molecule has 4 rings (SSSR count). The highest BCUT2D eigenvalue weighted by atomic mass is 15.3. The van der Waals surface area contributed by atoms with Crippen LogP contribution in [0.2, 0.25) is 0 Å². The van der Waals surface area contributed by atoms with Gasteiger partial charge in [-0.15, -0.1) is 5.10 Å². The largest absolute Gasteiger partial charge is 0.253 e. The van der Waals surface area contributed by atoms with Gasteiger partial charge in [-0.2, -0.15) is 4.98 Å². The van der Waals surface area contributed by atoms with E-state index < -0.39 is 0 Å². The second kappa shape index (κ2) is 5.28. The smallest absolute Gasteiger partial charge is 0.248 e. The lowest BCUT2D eigenvalue weighted by molar-refractivity contribution is 0.881. The molecule has 23 heavy (non-hydrogen) atoms. The maximum absolute atomic E-state index is 4.61. The predicted octanol–water partition coefficient (Wildman–Crippen LogP) is 3.46. The number of hydrogen-bond acceptors (Lipinski definition) is 4. The fraction of sp³-hybridized carbons (Fsp3) is 0.111. The van der Waals surface area contributed by atoms with E-state index in [1.54, 1.807) is 4.52 Å². The van der Waals surface area contributed by atoms with Crippen molar-refractivity contribution in [2.45, 2.75) is 13.8 Å². The quantitative estimate of drug-likeness (QED) is 0.569. The molecule has 4 aromatic rings. The Morgan fingerprint density at radius 3 is 2.70 bits per heavy atom. The van der Waals surface area contributed by atoms with Gasteiger partial charge in [-0.1, -0.05) is 24.3 Å². The second-order valence-electron chi connectivity index (χ2n) is 5.48. The monoisotopic (exact) mass is 301 g/mol. The molecular weight excluding hydrogens is 286 g/mol. The molecule has 0 bridgehead atoms. The minimum absolute atomic E-state index is 0.619. The molecule has 0 spiro atoms. The van der Waals surface area contributed by atoms with Gasteiger partial charge in [0.05, 0.1) is 11.2 Å². The molecule has 5 nitrogen and oxygen atoms in total. The van der Waals surface area contributed by atoms with Crippen LogP contribution in [-0.4, -0.2) is 24.6 Å². The number of pyridine rings is 1. The zero-order valence-corrected chi connectivity index (χ0v) is 12.9. The van der Waals surface area contributed by atoms with Crippen molar-refractivity contribution in [1.29, 1.82) is 0 Å². The van der Waals surface area contributed by atoms with E-state index in [-0.39, 0.29) is 0 Å². The van der Waals surface area contributed by atoms with Gasteiger partial charge >= 0.3 is 0 Å². The van der Waals surface area contributed by atoms with E-state index >= 15 is 0 Å². The molecule has 0 saturated carbocycles. The summed E-state index contributed by atoms with van der Waals surface area (Å²) in [6.45, 7) is 3.95. The second-order valence-corrected chi connectivity index (χ2v) is 5.48. The lowest BCUT2D eigenvalue weighted by Crippen LogP contribution is -1.97. The van der Waals surface area contributed by atoms with Crippen LogP contribution in [0, 0.1) is 13.8 Å². The molecule has 0 saturated heterocycles. The Morgan fingerprint density at radius 1 is 0.913 bits per heavy atom. The van der Waals surface area contributed by atoms with Gasteiger partial charge in [-0.05, 0) is 44.2 Å². The normalized spacial score (nSPS) is 11.7. The zero-order valence-electron chi connectivity index (χ0n) is 12.9. The van der Waals surface area contributed by atoms with Gasteiger partial charge in [0, 0.05) is 16.8 Å². The highest BCUT2D eigenvalue weighted by Gasteiger charge is 2.05. The summed E-state index contributed by atoms with van der Waals surface area (Å²) in [7, 11) is 0. The van der Waals surface area contributed by atoms with E-state index in [0.717, 1.165) is 28.0 Å². The van der Waals surface area contributed by atoms with Gasteiger partial charge in [0.25, 0.3) is 5.78 Å². The van der Waals surface area contributed by atoms with E-state index in [4.69, 9.17) is 0 Å². The first kappa shape index (κ1) is 13.6. The molecule has 0 aliphatic heterocycles. The lowest BCUT2D eigenvalue weighted by Gasteiger charge is -1.97. The Hall–Kier alpha value is -3.08. The van der Waals surface area contributed by atoms with Crippen LogP contribution in [0.5, 0.6) is 0 Å². The molecule has 0 radical (unpaired) electrons. The summed E-state index contributed by atoms with van der Waals surface area (Å²) in [4.78, 5) is 13.4. The fourth-order valence-corrected chi connectivity index (χ4v) is 2.59. The van der Waals surface area contributed by atoms with Crippen LogP contribution in [0.4, 0.5) is 0 Å². The minimum atomic E-state index is 0.619. The Kier molecular flexibility index (Phi) is 3.12. The first-order valence-electron chi connectivity index (χ1n) is 7.44. The molecule has 0 atom stereocenters. The van der Waals surface area contributed by atoms with E-state index in [2.05, 4.69) is 32.2 Å². The SMILES string of the molecule is Cc1cc(C)n2nc(C=Cc3ccc4ccccc4n3)nc2n1. The fourth-order valence-electron chi connectivity index (χ4n) is 2.59. The third-order valence-electron chi connectivity index (χ3n) is 3.66. The number of benzene rings is 1. The first-order chi connectivity index (χ1) is 11.2. The summed E-state index contributed by atoms with van der Waals surface area (Å²) in [5, 5.41) is 5.59. The zero-order chi connectivity index (χ0) is 15.8. The maximum atomic E-state index is 4.61. The summed E-state index contributed by atoms with van der Waals surface area (Å²) in [5.74, 6) is 1.25. The predicted molar refractivity (Wildman–Crippen MR) is 90.9 cm³/mol. The van der Waals surface area contributed by atoms with Crippen molar-refractivity contribution in [3.8, 4) is 0 Å². The minimum Gasteiger partial charge on any atom is -0.248 e. The van der Waals surface area contributed by atoms with E-state index in [1.165, 1.54) is 0 Å². The van der Waals surface area contributed by atoms with Crippen molar-refractivity contribution in [3.63, 3.8) is 0 Å². The summed E-state index contributed by atoms with van der Waals surface area (Å²) >= 11 is 0. The average Bonchev–Trinajstić information content (AvgIpc) is 2.96. The van der Waals surface area contributed by atoms with Crippen molar-refractivity contribution in [1.82, 2.24) is 24.6 Å². The molecule has 0 aliphatic carbocycles. The molecular formula is C18H15N5. The van der Waals surface area contributed by atoms with Crippen molar-refractivity contribution in [2.24, 2.45) is 0 Å². The highest BCUT2D eigenvalue weighted by Crippen LogP contribution is 2.13. The molecule has 0 unspecified atom stereocenters. The summed E-state index contributed by atoms with van der Waals surface area (Å²) in [5.41, 5.74) is 3.81. The van der Waals surface area contributed by atoms with E-state index in [9.17, 15) is 0 Å². The van der Waals surface area contributed by atoms with Crippen LogP contribution in [0.15, 0.2) is 42.5 Å². The van der Waals surface area contributed by atoms with Crippen LogP contribution in [0.25, 0.3) is 28.8 Å². The molecule has 0 aliphatic rings. The Bertz CT molecular complexity index is 1050. The van der Waals surface area contributed by atoms with Crippen molar-refractivity contribution < 1.29 is 0 Å². The van der Waals surface area contributed by atoms with Crippen LogP contribution in [-0.2, 0) is 0 Å². The van der Waals surface area contributed by atoms with Crippen LogP contribution in [0.1, 0.15) is 22.9 Å². The molecule has 0 amide bonds. The van der Waals surface area contributed by atoms with Gasteiger partial charge in [-0.3, -0.25) is 0 Å². The summed E-state index contributed by atoms with van der Waals surface area (Å²) < 4.78 is 1.75. The standard InChI is InChI=1S/C18H15N5/c1-12-11-13(2)23-18(19-12)21-17(22-23)10-9-15-8-7-14-5-3-4-6-16(14)20-15/h3-11H,1-2H3. The molecule has 3 aromatic heterocycles. The first-order valence-corrected chi connectivity index (χ1v) is 7.44. The van der Waals surface area contributed by atoms with E-state index in [1.807, 2.05) is 56.3 Å². The highest BCUT2D eigenvalue weighted by molar-refractivity contribution is 5.80. The third-order valence-corrected chi connectivity index (χ3v) is 3.66. The maximum Gasteiger partial charge on any atom is 0.253 e. The van der Waals surface area contributed by atoms with Gasteiger partial charge in [0.2, 0.25) is 0 Å². The van der Waals surface area contributed by atoms with Crippen LogP contribution in [0.3, 0.4) is 0 Å². The Balaban J connectivity index is 1.70. The van der Waals surface area contributed by atoms with Gasteiger partial charge in [0.15, 0.2) is 5.82 Å². The molecule has 0 fully saturated rings. The van der Waals surface area contributed by atoms with Gasteiger partial charge in [-0.25, -0.2) is 14.5 Å². The van der Waals surface area contributed by atoms with Crippen LogP contribution >= 0.6 is 0 Å². The van der Waals surface area contributed by atoms with Crippen LogP contribution < -0.4 is 0 Å². The number of fused-ring (bicyclic) bond motifs is 2. The molecule has 0 N–H and O–H groups in total. The Morgan fingerprint density at radius 2 is 1.78 bits per heavy atom. The van der Waals surface area contributed by atoms with E-state index in [0.29, 0.717) is 11.6 Å². The number of aromatic nitrogens is 5. The lowest BCUT2D eigenvalue weighted by atomic mass is 10.2. The van der Waals surface area contributed by atoms with Crippen molar-refractivity contribution in [2.75, 3.05) is 0 Å². The number of nitrogens with zero attached hydrogens (tertiary/aromatic N) is 5. The number of aryl methyl sites for hydroxylation is 2. The van der Waals surface area contributed by atoms with Gasteiger partial charge in [0.1, 0.15) is 0 Å². The summed E-state index contributed by atoms with van der Waals surface area (Å²) in [6, 6.07) is 14.1. The van der Waals surface area contributed by atoms with Gasteiger partial charge < -0.3 is 0 Å². The number of hydrogen-bond donors (Lipinski definition) is 0. The third kappa shape index (κ3) is 2.57. The molecule has 3 heterocycles. The molecule has 5 heteroatoms. The molecule has 1 aromatic carbocycles. The Labute approximate surface area is 133 Å². The summed E-state index contributed by atoms with van der Waals surface area (Å²) in [6.07, 6.45) is 3.78. The topological polar surface area (TPSA) is 56.0 Å². The molecule has 112 valence electrons. The number of rotatable bonds is 2. The average molecular weight is 301 g/mol. The van der Waals surface area contributed by atoms with Crippen molar-refractivity contribution in [3.05, 3.63) is 65.4 Å². The number of para-hydroxylation sites is 1. The van der Waals surface area contributed by atoms with Crippen molar-refractivity contribution >= 4 is 28.8 Å².